The quantitative estimate of drug-likeness (QED) is 0.320. The van der Waals surface area contributed by atoms with Crippen LogP contribution in [0.2, 0.25) is 0 Å². The van der Waals surface area contributed by atoms with E-state index in [1.54, 1.807) is 27.7 Å². The van der Waals surface area contributed by atoms with Crippen molar-refractivity contribution in [2.45, 2.75) is 53.0 Å². The lowest BCUT2D eigenvalue weighted by molar-refractivity contribution is -0.0513. The van der Waals surface area contributed by atoms with Crippen molar-refractivity contribution in [3.05, 3.63) is 58.7 Å². The van der Waals surface area contributed by atoms with Crippen LogP contribution in [0.3, 0.4) is 0 Å². The van der Waals surface area contributed by atoms with Crippen molar-refractivity contribution in [1.82, 2.24) is 0 Å². The van der Waals surface area contributed by atoms with Crippen LogP contribution in [0, 0.1) is 11.8 Å². The van der Waals surface area contributed by atoms with Gasteiger partial charge in [0.25, 0.3) is 0 Å². The van der Waals surface area contributed by atoms with E-state index >= 15 is 0 Å². The van der Waals surface area contributed by atoms with E-state index in [1.807, 2.05) is 0 Å². The first-order chi connectivity index (χ1) is 15.0. The van der Waals surface area contributed by atoms with Crippen LogP contribution in [0.25, 0.3) is 0 Å². The van der Waals surface area contributed by atoms with Crippen LogP contribution in [-0.4, -0.2) is 19.0 Å². The minimum atomic E-state index is -3.12. The normalized spacial score (nSPS) is 13.3. The maximum absolute atomic E-state index is 13.6. The van der Waals surface area contributed by atoms with Gasteiger partial charge >= 0.3 is 13.2 Å². The van der Waals surface area contributed by atoms with Crippen LogP contribution < -0.4 is 20.9 Å². The lowest BCUT2D eigenvalue weighted by atomic mass is 9.85. The molecule has 0 aliphatic rings. The molecule has 0 radical (unpaired) electrons. The summed E-state index contributed by atoms with van der Waals surface area (Å²) < 4.78 is 61.3. The van der Waals surface area contributed by atoms with Gasteiger partial charge in [-0.3, -0.25) is 4.79 Å². The summed E-state index contributed by atoms with van der Waals surface area (Å²) in [6.07, 6.45) is 0. The van der Waals surface area contributed by atoms with E-state index in [-0.39, 0.29) is 58.0 Å². The van der Waals surface area contributed by atoms with Crippen molar-refractivity contribution >= 4 is 18.2 Å². The van der Waals surface area contributed by atoms with Gasteiger partial charge in [0.05, 0.1) is 0 Å². The van der Waals surface area contributed by atoms with Gasteiger partial charge in [-0.05, 0) is 24.0 Å². The molecule has 0 spiro atoms. The summed E-state index contributed by atoms with van der Waals surface area (Å²) in [7, 11) is 0. The maximum atomic E-state index is 13.6. The van der Waals surface area contributed by atoms with Crippen LogP contribution >= 0.6 is 12.4 Å². The average molecular weight is 493 g/mol. The van der Waals surface area contributed by atoms with Crippen molar-refractivity contribution in [2.75, 3.05) is 0 Å². The van der Waals surface area contributed by atoms with Gasteiger partial charge in [0.2, 0.25) is 0 Å². The first-order valence-corrected chi connectivity index (χ1v) is 10.2. The number of ether oxygens (including phenoxy) is 2. The molecule has 0 aliphatic heterocycles. The zero-order valence-corrected chi connectivity index (χ0v) is 19.5. The molecular formula is C23H29ClF4N2O3. The van der Waals surface area contributed by atoms with E-state index in [4.69, 9.17) is 11.5 Å². The van der Waals surface area contributed by atoms with Crippen molar-refractivity contribution in [3.8, 4) is 11.5 Å². The first-order valence-electron chi connectivity index (χ1n) is 10.2. The summed E-state index contributed by atoms with van der Waals surface area (Å²) in [6, 6.07) is 6.66. The molecule has 184 valence electrons. The van der Waals surface area contributed by atoms with Crippen LogP contribution in [-0.2, 0) is 0 Å². The molecule has 2 aromatic carbocycles. The molecule has 2 atom stereocenters. The van der Waals surface area contributed by atoms with Gasteiger partial charge in [-0.2, -0.15) is 17.6 Å². The molecule has 2 aromatic rings. The Morgan fingerprint density at radius 1 is 0.727 bits per heavy atom. The molecule has 0 fully saturated rings. The lowest BCUT2D eigenvalue weighted by Gasteiger charge is -2.25. The Bertz CT molecular complexity index is 868. The van der Waals surface area contributed by atoms with Gasteiger partial charge in [0.15, 0.2) is 5.78 Å². The summed E-state index contributed by atoms with van der Waals surface area (Å²) in [6.45, 7) is 0.854. The molecule has 0 aromatic heterocycles. The summed E-state index contributed by atoms with van der Waals surface area (Å²) in [5, 5.41) is 0. The van der Waals surface area contributed by atoms with Crippen LogP contribution in [0.1, 0.15) is 66.8 Å². The smallest absolute Gasteiger partial charge is 0.387 e. The number of carbonyl (C=O) groups excluding carboxylic acids is 1. The fourth-order valence-electron chi connectivity index (χ4n) is 3.38. The first kappa shape index (κ1) is 28.7. The highest BCUT2D eigenvalue weighted by atomic mass is 35.5. The second-order valence-electron chi connectivity index (χ2n) is 8.06. The third kappa shape index (κ3) is 6.82. The molecule has 2 unspecified atom stereocenters. The van der Waals surface area contributed by atoms with Gasteiger partial charge in [-0.1, -0.05) is 52.0 Å². The number of ketones is 1. The Balaban J connectivity index is 0.00000544. The van der Waals surface area contributed by atoms with Gasteiger partial charge < -0.3 is 20.9 Å². The minimum Gasteiger partial charge on any atom is -0.434 e. The average Bonchev–Trinajstić information content (AvgIpc) is 2.70. The van der Waals surface area contributed by atoms with Crippen molar-refractivity contribution in [1.29, 1.82) is 0 Å². The highest BCUT2D eigenvalue weighted by molar-refractivity contribution is 6.11. The van der Waals surface area contributed by atoms with E-state index in [1.165, 1.54) is 36.4 Å². The Labute approximate surface area is 196 Å². The van der Waals surface area contributed by atoms with Crippen LogP contribution in [0.4, 0.5) is 17.6 Å². The number of rotatable bonds is 10. The van der Waals surface area contributed by atoms with Crippen molar-refractivity contribution in [2.24, 2.45) is 23.3 Å². The zero-order valence-electron chi connectivity index (χ0n) is 18.7. The summed E-state index contributed by atoms with van der Waals surface area (Å²) in [4.78, 5) is 13.6. The molecule has 0 bridgehead atoms. The third-order valence-electron chi connectivity index (χ3n) is 5.16. The summed E-state index contributed by atoms with van der Waals surface area (Å²) in [5.74, 6) is -1.48. The predicted octanol–water partition coefficient (Wildman–Crippen LogP) is 5.85. The zero-order chi connectivity index (χ0) is 24.2. The van der Waals surface area contributed by atoms with Crippen molar-refractivity contribution in [3.63, 3.8) is 0 Å². The molecule has 10 heteroatoms. The molecule has 0 saturated carbocycles. The maximum Gasteiger partial charge on any atom is 0.387 e. The largest absolute Gasteiger partial charge is 0.434 e. The summed E-state index contributed by atoms with van der Waals surface area (Å²) >= 11 is 0. The number of nitrogens with two attached hydrogens (primary N) is 2. The van der Waals surface area contributed by atoms with E-state index in [0.717, 1.165) is 0 Å². The Morgan fingerprint density at radius 2 is 1.06 bits per heavy atom. The second-order valence-corrected chi connectivity index (χ2v) is 8.06. The number of alkyl halides is 4. The number of hydrogen-bond donors (Lipinski definition) is 2. The number of hydrogen-bond acceptors (Lipinski definition) is 5. The highest BCUT2D eigenvalue weighted by Gasteiger charge is 2.29. The monoisotopic (exact) mass is 492 g/mol. The lowest BCUT2D eigenvalue weighted by Crippen LogP contribution is -2.25. The number of benzene rings is 2. The molecule has 4 N–H and O–H groups in total. The minimum absolute atomic E-state index is 0. The fraction of sp³-hybridized carbons (Fsp3) is 0.435. The van der Waals surface area contributed by atoms with Gasteiger partial charge in [0, 0.05) is 34.3 Å². The molecule has 33 heavy (non-hydrogen) atoms. The second kappa shape index (κ2) is 12.2. The number of halogens is 5. The van der Waals surface area contributed by atoms with Crippen molar-refractivity contribution < 1.29 is 31.8 Å². The van der Waals surface area contributed by atoms with E-state index in [9.17, 15) is 22.4 Å². The molecule has 0 saturated heterocycles. The van der Waals surface area contributed by atoms with Gasteiger partial charge in [-0.25, -0.2) is 0 Å². The SMILES string of the molecule is CC(C)C(N)c1c(OC(F)F)cccc1C(=O)c1cccc(OC(F)F)c1C(N)C(C)C.Cl. The molecule has 0 aliphatic carbocycles. The van der Waals surface area contributed by atoms with Crippen LogP contribution in [0.15, 0.2) is 36.4 Å². The number of carbonyl (C=O) groups is 1. The fourth-order valence-corrected chi connectivity index (χ4v) is 3.38. The Hall–Kier alpha value is -2.36. The summed E-state index contributed by atoms with van der Waals surface area (Å²) in [5.41, 5.74) is 12.8. The van der Waals surface area contributed by atoms with Crippen LogP contribution in [0.5, 0.6) is 11.5 Å². The van der Waals surface area contributed by atoms with E-state index in [0.29, 0.717) is 0 Å². The third-order valence-corrected chi connectivity index (χ3v) is 5.16. The topological polar surface area (TPSA) is 87.6 Å². The molecule has 5 nitrogen and oxygen atoms in total. The molecule has 0 heterocycles. The highest BCUT2D eigenvalue weighted by Crippen LogP contribution is 2.37. The Morgan fingerprint density at radius 3 is 1.33 bits per heavy atom. The molecule has 0 amide bonds. The molecule has 2 rings (SSSR count). The van der Waals surface area contributed by atoms with Gasteiger partial charge in [0.1, 0.15) is 11.5 Å². The standard InChI is InChI=1S/C23H28F4N2O3.ClH/c1-11(2)19(28)17-13(7-5-9-15(17)31-22(24)25)21(30)14-8-6-10-16(32-23(26)27)18(14)20(29)12(3)4;/h5-12,19-20,22-23H,28-29H2,1-4H3;1H. The Kier molecular flexibility index (Phi) is 10.6. The van der Waals surface area contributed by atoms with E-state index in [2.05, 4.69) is 9.47 Å². The van der Waals surface area contributed by atoms with E-state index < -0.39 is 31.1 Å². The van der Waals surface area contributed by atoms with Gasteiger partial charge in [-0.15, -0.1) is 12.4 Å². The molecular weight excluding hydrogens is 464 g/mol. The predicted molar refractivity (Wildman–Crippen MR) is 120 cm³/mol.